The minimum absolute atomic E-state index is 0.215. The van der Waals surface area contributed by atoms with Crippen LogP contribution in [0.2, 0.25) is 0 Å². The summed E-state index contributed by atoms with van der Waals surface area (Å²) in [5, 5.41) is 18.7. The Bertz CT molecular complexity index is 1130. The quantitative estimate of drug-likeness (QED) is 0.353. The van der Waals surface area contributed by atoms with Crippen molar-refractivity contribution in [2.24, 2.45) is 0 Å². The lowest BCUT2D eigenvalue weighted by Crippen LogP contribution is -2.01. The number of allylic oxidation sites excluding steroid dienone is 1. The van der Waals surface area contributed by atoms with Gasteiger partial charge in [-0.2, -0.15) is 5.26 Å². The van der Waals surface area contributed by atoms with Gasteiger partial charge in [0.05, 0.1) is 24.3 Å². The first-order valence-electron chi connectivity index (χ1n) is 9.01. The van der Waals surface area contributed by atoms with Crippen molar-refractivity contribution >= 4 is 33.5 Å². The van der Waals surface area contributed by atoms with Crippen molar-refractivity contribution in [2.75, 3.05) is 7.11 Å². The number of hydrogen-bond acceptors (Lipinski definition) is 4. The van der Waals surface area contributed by atoms with Crippen molar-refractivity contribution in [3.05, 3.63) is 93.5 Å². The molecule has 0 atom stereocenters. The first-order valence-corrected chi connectivity index (χ1v) is 9.81. The zero-order valence-electron chi connectivity index (χ0n) is 16.1. The Morgan fingerprint density at radius 3 is 2.47 bits per heavy atom. The van der Waals surface area contributed by atoms with Gasteiger partial charge in [-0.1, -0.05) is 52.3 Å². The Morgan fingerprint density at radius 1 is 1.10 bits per heavy atom. The molecule has 5 nitrogen and oxygen atoms in total. The third-order valence-electron chi connectivity index (χ3n) is 4.37. The van der Waals surface area contributed by atoms with E-state index < -0.39 is 5.97 Å². The first kappa shape index (κ1) is 21.2. The van der Waals surface area contributed by atoms with E-state index in [1.54, 1.807) is 31.4 Å². The van der Waals surface area contributed by atoms with Crippen molar-refractivity contribution in [2.45, 2.75) is 6.61 Å². The van der Waals surface area contributed by atoms with E-state index in [0.717, 1.165) is 15.6 Å². The fourth-order valence-corrected chi connectivity index (χ4v) is 3.25. The number of carbonyl (C=O) groups is 1. The molecule has 0 amide bonds. The van der Waals surface area contributed by atoms with Crippen molar-refractivity contribution in [3.63, 3.8) is 0 Å². The van der Waals surface area contributed by atoms with Crippen LogP contribution >= 0.6 is 15.9 Å². The monoisotopic (exact) mass is 463 g/mol. The molecule has 0 unspecified atom stereocenters. The molecule has 0 fully saturated rings. The SMILES string of the molecule is COc1cccc(/C=C(/C#N)c2cccc(Br)c2)c1OCc1ccc(C(=O)O)cc1. The lowest BCUT2D eigenvalue weighted by molar-refractivity contribution is 0.0697. The smallest absolute Gasteiger partial charge is 0.335 e. The Hall–Kier alpha value is -3.56. The van der Waals surface area contributed by atoms with E-state index in [4.69, 9.17) is 14.6 Å². The van der Waals surface area contributed by atoms with E-state index in [-0.39, 0.29) is 12.2 Å². The van der Waals surface area contributed by atoms with Gasteiger partial charge in [0.15, 0.2) is 11.5 Å². The Morgan fingerprint density at radius 2 is 1.83 bits per heavy atom. The Kier molecular flexibility index (Phi) is 6.89. The number of nitrogens with zero attached hydrogens (tertiary/aromatic N) is 1. The average Bonchev–Trinajstić information content (AvgIpc) is 2.76. The van der Waals surface area contributed by atoms with Crippen molar-refractivity contribution in [1.82, 2.24) is 0 Å². The number of methoxy groups -OCH3 is 1. The molecule has 0 spiro atoms. The van der Waals surface area contributed by atoms with Crippen molar-refractivity contribution < 1.29 is 19.4 Å². The molecule has 150 valence electrons. The maximum Gasteiger partial charge on any atom is 0.335 e. The fourth-order valence-electron chi connectivity index (χ4n) is 2.85. The zero-order valence-corrected chi connectivity index (χ0v) is 17.7. The normalized spacial score (nSPS) is 10.9. The summed E-state index contributed by atoms with van der Waals surface area (Å²) in [4.78, 5) is 11.0. The molecule has 6 heteroatoms. The highest BCUT2D eigenvalue weighted by Gasteiger charge is 2.12. The highest BCUT2D eigenvalue weighted by Crippen LogP contribution is 2.34. The third kappa shape index (κ3) is 5.07. The lowest BCUT2D eigenvalue weighted by Gasteiger charge is -2.14. The molecule has 0 heterocycles. The Labute approximate surface area is 182 Å². The topological polar surface area (TPSA) is 79.5 Å². The molecular formula is C24H18BrNO4. The van der Waals surface area contributed by atoms with Gasteiger partial charge >= 0.3 is 5.97 Å². The molecule has 0 saturated carbocycles. The van der Waals surface area contributed by atoms with E-state index in [1.165, 1.54) is 12.1 Å². The Balaban J connectivity index is 1.93. The van der Waals surface area contributed by atoms with E-state index >= 15 is 0 Å². The highest BCUT2D eigenvalue weighted by molar-refractivity contribution is 9.10. The van der Waals surface area contributed by atoms with E-state index in [9.17, 15) is 10.1 Å². The maximum absolute atomic E-state index is 11.0. The number of halogens is 1. The van der Waals surface area contributed by atoms with Gasteiger partial charge in [0.2, 0.25) is 0 Å². The molecule has 0 aliphatic heterocycles. The summed E-state index contributed by atoms with van der Waals surface area (Å²) in [6, 6.07) is 21.7. The average molecular weight is 464 g/mol. The molecule has 0 aliphatic carbocycles. The van der Waals surface area contributed by atoms with Gasteiger partial charge in [0.1, 0.15) is 6.61 Å². The summed E-state index contributed by atoms with van der Waals surface area (Å²) in [5.41, 5.74) is 3.00. The highest BCUT2D eigenvalue weighted by atomic mass is 79.9. The van der Waals surface area contributed by atoms with E-state index in [2.05, 4.69) is 22.0 Å². The van der Waals surface area contributed by atoms with Crippen LogP contribution in [0, 0.1) is 11.3 Å². The molecule has 0 radical (unpaired) electrons. The summed E-state index contributed by atoms with van der Waals surface area (Å²) in [7, 11) is 1.55. The molecule has 3 aromatic carbocycles. The summed E-state index contributed by atoms with van der Waals surface area (Å²) >= 11 is 3.43. The van der Waals surface area contributed by atoms with Crippen molar-refractivity contribution in [3.8, 4) is 17.6 Å². The van der Waals surface area contributed by atoms with Crippen LogP contribution in [0.25, 0.3) is 11.6 Å². The number of benzene rings is 3. The van der Waals surface area contributed by atoms with Crippen LogP contribution in [0.4, 0.5) is 0 Å². The minimum Gasteiger partial charge on any atom is -0.493 e. The van der Waals surface area contributed by atoms with Gasteiger partial charge in [-0.15, -0.1) is 0 Å². The number of carboxylic acids is 1. The molecule has 1 N–H and O–H groups in total. The minimum atomic E-state index is -0.976. The molecule has 3 rings (SSSR count). The van der Waals surface area contributed by atoms with Crippen LogP contribution in [-0.4, -0.2) is 18.2 Å². The van der Waals surface area contributed by atoms with Gasteiger partial charge < -0.3 is 14.6 Å². The van der Waals surface area contributed by atoms with E-state index in [0.29, 0.717) is 22.6 Å². The molecule has 0 saturated heterocycles. The van der Waals surface area contributed by atoms with Crippen molar-refractivity contribution in [1.29, 1.82) is 5.26 Å². The summed E-state index contributed by atoms with van der Waals surface area (Å²) in [5.74, 6) is 0.0682. The number of carboxylic acid groups (broad SMARTS) is 1. The first-order chi connectivity index (χ1) is 14.5. The molecule has 0 aliphatic rings. The van der Waals surface area contributed by atoms with Crippen LogP contribution in [0.5, 0.6) is 11.5 Å². The van der Waals surface area contributed by atoms with Crippen LogP contribution in [0.1, 0.15) is 27.0 Å². The second kappa shape index (κ2) is 9.77. The van der Waals surface area contributed by atoms with E-state index in [1.807, 2.05) is 36.4 Å². The second-order valence-electron chi connectivity index (χ2n) is 6.35. The second-order valence-corrected chi connectivity index (χ2v) is 7.27. The summed E-state index contributed by atoms with van der Waals surface area (Å²) < 4.78 is 12.3. The fraction of sp³-hybridized carbons (Fsp3) is 0.0833. The predicted molar refractivity (Wildman–Crippen MR) is 118 cm³/mol. The third-order valence-corrected chi connectivity index (χ3v) is 4.86. The molecule has 0 bridgehead atoms. The number of nitriles is 1. The number of hydrogen-bond donors (Lipinski definition) is 1. The molecule has 0 aromatic heterocycles. The van der Waals surface area contributed by atoms with Crippen LogP contribution in [0.15, 0.2) is 71.2 Å². The summed E-state index contributed by atoms with van der Waals surface area (Å²) in [6.07, 6.45) is 1.76. The summed E-state index contributed by atoms with van der Waals surface area (Å²) in [6.45, 7) is 0.222. The zero-order chi connectivity index (χ0) is 21.5. The number of para-hydroxylation sites is 1. The van der Waals surface area contributed by atoms with Gasteiger partial charge in [-0.25, -0.2) is 4.79 Å². The van der Waals surface area contributed by atoms with Gasteiger partial charge in [0.25, 0.3) is 0 Å². The maximum atomic E-state index is 11.0. The lowest BCUT2D eigenvalue weighted by atomic mass is 10.0. The van der Waals surface area contributed by atoms with Crippen LogP contribution in [0.3, 0.4) is 0 Å². The largest absolute Gasteiger partial charge is 0.493 e. The molecule has 3 aromatic rings. The van der Waals surface area contributed by atoms with Gasteiger partial charge in [0, 0.05) is 10.0 Å². The molecular weight excluding hydrogens is 446 g/mol. The molecule has 30 heavy (non-hydrogen) atoms. The number of aromatic carboxylic acids is 1. The van der Waals surface area contributed by atoms with Crippen LogP contribution in [-0.2, 0) is 6.61 Å². The van der Waals surface area contributed by atoms with Crippen LogP contribution < -0.4 is 9.47 Å². The number of rotatable bonds is 7. The van der Waals surface area contributed by atoms with Gasteiger partial charge in [-0.05, 0) is 47.5 Å². The standard InChI is InChI=1S/C24H18BrNO4/c1-29-22-7-3-5-19(12-20(14-26)18-4-2-6-21(25)13-18)23(22)30-15-16-8-10-17(11-9-16)24(27)28/h2-13H,15H2,1H3,(H,27,28)/b20-12-. The van der Waals surface area contributed by atoms with Gasteiger partial charge in [-0.3, -0.25) is 0 Å². The number of ether oxygens (including phenoxy) is 2. The predicted octanol–water partition coefficient (Wildman–Crippen LogP) is 5.80.